The van der Waals surface area contributed by atoms with E-state index in [4.69, 9.17) is 9.47 Å². The molecule has 0 bridgehead atoms. The fourth-order valence-electron chi connectivity index (χ4n) is 2.60. The molecule has 21 heavy (non-hydrogen) atoms. The highest BCUT2D eigenvalue weighted by Crippen LogP contribution is 2.32. The molecule has 2 unspecified atom stereocenters. The molecule has 122 valence electrons. The average molecular weight is 299 g/mol. The molecule has 0 aromatic rings. The number of carbonyl (C=O) groups excluding carboxylic acids is 1. The van der Waals surface area contributed by atoms with Gasteiger partial charge in [-0.1, -0.05) is 6.08 Å². The molecule has 0 spiro atoms. The van der Waals surface area contributed by atoms with Gasteiger partial charge in [-0.3, -0.25) is 4.90 Å². The smallest absolute Gasteiger partial charge is 0.412 e. The topological polar surface area (TPSA) is 59.0 Å². The first-order chi connectivity index (χ1) is 9.60. The summed E-state index contributed by atoms with van der Waals surface area (Å²) in [5.74, 6) is 0.0786. The molecule has 1 saturated heterocycles. The van der Waals surface area contributed by atoms with Crippen LogP contribution >= 0.6 is 0 Å². The lowest BCUT2D eigenvalue weighted by molar-refractivity contribution is -0.0633. The molecule has 1 N–H and O–H groups in total. The lowest BCUT2D eigenvalue weighted by Gasteiger charge is -2.35. The van der Waals surface area contributed by atoms with Crippen LogP contribution in [0.2, 0.25) is 0 Å². The molecule has 1 amide bonds. The Morgan fingerprint density at radius 3 is 2.67 bits per heavy atom. The standard InChI is InChI=1S/C16H29NO4/c1-7-8-12(10-18)9-13-11-20-16(5,6)17(13)14(19)21-15(2,3)4/h7,12-13,18H,1,8-11H2,2-6H3. The molecule has 1 heterocycles. The molecule has 0 aromatic carbocycles. The number of aliphatic hydroxyl groups is 1. The monoisotopic (exact) mass is 299 g/mol. The van der Waals surface area contributed by atoms with E-state index in [1.54, 1.807) is 11.0 Å². The normalized spacial score (nSPS) is 23.0. The number of allylic oxidation sites excluding steroid dienone is 1. The van der Waals surface area contributed by atoms with Crippen molar-refractivity contribution in [3.05, 3.63) is 12.7 Å². The highest BCUT2D eigenvalue weighted by molar-refractivity contribution is 5.69. The van der Waals surface area contributed by atoms with Gasteiger partial charge in [-0.2, -0.15) is 0 Å². The van der Waals surface area contributed by atoms with Crippen LogP contribution in [-0.2, 0) is 9.47 Å². The molecule has 1 rings (SSSR count). The average Bonchev–Trinajstić information content (AvgIpc) is 2.61. The minimum atomic E-state index is -0.693. The number of carbonyl (C=O) groups is 1. The van der Waals surface area contributed by atoms with E-state index in [0.717, 1.165) is 6.42 Å². The Bertz CT molecular complexity index is 373. The summed E-state index contributed by atoms with van der Waals surface area (Å²) in [6.07, 6.45) is 2.81. The van der Waals surface area contributed by atoms with Crippen molar-refractivity contribution in [3.63, 3.8) is 0 Å². The summed E-state index contributed by atoms with van der Waals surface area (Å²) in [7, 11) is 0. The van der Waals surface area contributed by atoms with E-state index in [2.05, 4.69) is 6.58 Å². The number of hydrogen-bond donors (Lipinski definition) is 1. The largest absolute Gasteiger partial charge is 0.444 e. The van der Waals surface area contributed by atoms with E-state index >= 15 is 0 Å². The van der Waals surface area contributed by atoms with E-state index in [1.807, 2.05) is 34.6 Å². The van der Waals surface area contributed by atoms with Crippen LogP contribution in [0.3, 0.4) is 0 Å². The predicted octanol–water partition coefficient (Wildman–Crippen LogP) is 2.93. The van der Waals surface area contributed by atoms with E-state index in [0.29, 0.717) is 13.0 Å². The Balaban J connectivity index is 2.83. The van der Waals surface area contributed by atoms with Crippen molar-refractivity contribution in [3.8, 4) is 0 Å². The molecule has 0 saturated carbocycles. The van der Waals surface area contributed by atoms with Crippen LogP contribution in [0.4, 0.5) is 4.79 Å². The molecular formula is C16H29NO4. The number of amides is 1. The second-order valence-electron chi connectivity index (χ2n) is 7.07. The molecule has 0 radical (unpaired) electrons. The minimum Gasteiger partial charge on any atom is -0.444 e. The third kappa shape index (κ3) is 5.00. The first-order valence-electron chi connectivity index (χ1n) is 7.48. The maximum Gasteiger partial charge on any atom is 0.412 e. The Hall–Kier alpha value is -1.07. The SMILES string of the molecule is C=CCC(CO)CC1COC(C)(C)N1C(=O)OC(C)(C)C. The van der Waals surface area contributed by atoms with Crippen molar-refractivity contribution in [2.75, 3.05) is 13.2 Å². The summed E-state index contributed by atoms with van der Waals surface area (Å²) < 4.78 is 11.2. The number of ether oxygens (including phenoxy) is 2. The lowest BCUT2D eigenvalue weighted by atomic mass is 9.97. The molecule has 5 heteroatoms. The highest BCUT2D eigenvalue weighted by atomic mass is 16.6. The Morgan fingerprint density at radius 2 is 2.19 bits per heavy atom. The van der Waals surface area contributed by atoms with Crippen LogP contribution in [0.15, 0.2) is 12.7 Å². The molecule has 1 fully saturated rings. The Morgan fingerprint density at radius 1 is 1.57 bits per heavy atom. The summed E-state index contributed by atoms with van der Waals surface area (Å²) in [5.41, 5.74) is -1.24. The Labute approximate surface area is 127 Å². The van der Waals surface area contributed by atoms with Gasteiger partial charge in [0.15, 0.2) is 0 Å². The fraction of sp³-hybridized carbons (Fsp3) is 0.812. The molecular weight excluding hydrogens is 270 g/mol. The van der Waals surface area contributed by atoms with E-state index < -0.39 is 11.3 Å². The van der Waals surface area contributed by atoms with Crippen molar-refractivity contribution in [2.45, 2.75) is 64.8 Å². The summed E-state index contributed by atoms with van der Waals surface area (Å²) >= 11 is 0. The Kier molecular flexibility index (Phi) is 5.82. The molecule has 0 aromatic heterocycles. The minimum absolute atomic E-state index is 0.0745. The van der Waals surface area contributed by atoms with Crippen LogP contribution in [0.1, 0.15) is 47.5 Å². The van der Waals surface area contributed by atoms with Crippen LogP contribution < -0.4 is 0 Å². The molecule has 1 aliphatic rings. The van der Waals surface area contributed by atoms with Crippen LogP contribution in [0.5, 0.6) is 0 Å². The van der Waals surface area contributed by atoms with E-state index in [-0.39, 0.29) is 24.7 Å². The fourth-order valence-corrected chi connectivity index (χ4v) is 2.60. The van der Waals surface area contributed by atoms with Gasteiger partial charge in [0.05, 0.1) is 12.6 Å². The summed E-state index contributed by atoms with van der Waals surface area (Å²) in [6.45, 7) is 13.5. The van der Waals surface area contributed by atoms with Crippen LogP contribution in [0, 0.1) is 5.92 Å². The maximum absolute atomic E-state index is 12.5. The van der Waals surface area contributed by atoms with Gasteiger partial charge in [0, 0.05) is 6.61 Å². The number of nitrogens with zero attached hydrogens (tertiary/aromatic N) is 1. The molecule has 1 aliphatic heterocycles. The molecule has 2 atom stereocenters. The zero-order chi connectivity index (χ0) is 16.3. The first kappa shape index (κ1) is 18.0. The number of aliphatic hydroxyl groups excluding tert-OH is 1. The van der Waals surface area contributed by atoms with E-state index in [1.165, 1.54) is 0 Å². The number of hydrogen-bond acceptors (Lipinski definition) is 4. The molecule has 5 nitrogen and oxygen atoms in total. The van der Waals surface area contributed by atoms with Crippen molar-refractivity contribution < 1.29 is 19.4 Å². The van der Waals surface area contributed by atoms with Crippen molar-refractivity contribution in [1.82, 2.24) is 4.90 Å². The van der Waals surface area contributed by atoms with Crippen molar-refractivity contribution in [2.24, 2.45) is 5.92 Å². The summed E-state index contributed by atoms with van der Waals surface area (Å²) in [6, 6.07) is -0.0908. The lowest BCUT2D eigenvalue weighted by Crippen LogP contribution is -2.50. The van der Waals surface area contributed by atoms with Gasteiger partial charge in [-0.25, -0.2) is 4.79 Å². The third-order valence-corrected chi connectivity index (χ3v) is 3.53. The first-order valence-corrected chi connectivity index (χ1v) is 7.48. The number of rotatable bonds is 5. The van der Waals surface area contributed by atoms with Gasteiger partial charge in [0.2, 0.25) is 0 Å². The second-order valence-corrected chi connectivity index (χ2v) is 7.07. The van der Waals surface area contributed by atoms with E-state index in [9.17, 15) is 9.90 Å². The van der Waals surface area contributed by atoms with Crippen molar-refractivity contribution in [1.29, 1.82) is 0 Å². The van der Waals surface area contributed by atoms with Gasteiger partial charge in [-0.05, 0) is 53.4 Å². The van der Waals surface area contributed by atoms with Crippen molar-refractivity contribution >= 4 is 6.09 Å². The van der Waals surface area contributed by atoms with Gasteiger partial charge in [-0.15, -0.1) is 6.58 Å². The summed E-state index contributed by atoms with van der Waals surface area (Å²) in [5, 5.41) is 9.44. The quantitative estimate of drug-likeness (QED) is 0.793. The zero-order valence-corrected chi connectivity index (χ0v) is 13.9. The van der Waals surface area contributed by atoms with Gasteiger partial charge >= 0.3 is 6.09 Å². The molecule has 0 aliphatic carbocycles. The predicted molar refractivity (Wildman–Crippen MR) is 81.9 cm³/mol. The van der Waals surface area contributed by atoms with Gasteiger partial charge < -0.3 is 14.6 Å². The van der Waals surface area contributed by atoms with Crippen LogP contribution in [0.25, 0.3) is 0 Å². The van der Waals surface area contributed by atoms with Gasteiger partial charge in [0.25, 0.3) is 0 Å². The van der Waals surface area contributed by atoms with Gasteiger partial charge in [0.1, 0.15) is 11.3 Å². The maximum atomic E-state index is 12.5. The second kappa shape index (κ2) is 6.79. The van der Waals surface area contributed by atoms with Crippen LogP contribution in [-0.4, -0.2) is 46.7 Å². The zero-order valence-electron chi connectivity index (χ0n) is 13.9. The highest BCUT2D eigenvalue weighted by Gasteiger charge is 2.45. The summed E-state index contributed by atoms with van der Waals surface area (Å²) in [4.78, 5) is 14.1. The third-order valence-electron chi connectivity index (χ3n) is 3.53.